The minimum Gasteiger partial charge on any atom is -0.192 e. The van der Waals surface area contributed by atoms with Crippen molar-refractivity contribution in [3.8, 4) is 12.1 Å². The molecule has 0 aliphatic rings. The van der Waals surface area contributed by atoms with E-state index in [9.17, 15) is 0 Å². The molecule has 0 unspecified atom stereocenters. The standard InChI is InChI=1S/C7H6N2/c1-3-6(2)7(4-8)5-9/h3H,1H2,2H3. The molecule has 2 heteroatoms. The van der Waals surface area contributed by atoms with E-state index in [1.54, 1.807) is 19.1 Å². The molecule has 0 fully saturated rings. The summed E-state index contributed by atoms with van der Waals surface area (Å²) < 4.78 is 0. The van der Waals surface area contributed by atoms with E-state index in [4.69, 9.17) is 10.5 Å². The summed E-state index contributed by atoms with van der Waals surface area (Å²) >= 11 is 0. The molecule has 0 rings (SSSR count). The van der Waals surface area contributed by atoms with Crippen molar-refractivity contribution in [3.05, 3.63) is 23.8 Å². The molecule has 0 saturated carbocycles. The highest BCUT2D eigenvalue weighted by Crippen LogP contribution is 2.00. The molecule has 0 aliphatic carbocycles. The molecule has 0 bridgehead atoms. The van der Waals surface area contributed by atoms with Gasteiger partial charge in [0, 0.05) is 0 Å². The normalized spacial score (nSPS) is 6.56. The molecule has 0 radical (unpaired) electrons. The maximum Gasteiger partial charge on any atom is 0.132 e. The number of nitrogens with zero attached hydrogens (tertiary/aromatic N) is 2. The fourth-order valence-electron chi connectivity index (χ4n) is 0.303. The van der Waals surface area contributed by atoms with Crippen molar-refractivity contribution in [1.82, 2.24) is 0 Å². The van der Waals surface area contributed by atoms with E-state index < -0.39 is 0 Å². The van der Waals surface area contributed by atoms with Crippen LogP contribution in [0.15, 0.2) is 23.8 Å². The summed E-state index contributed by atoms with van der Waals surface area (Å²) in [4.78, 5) is 0. The lowest BCUT2D eigenvalue weighted by Crippen LogP contribution is -1.76. The van der Waals surface area contributed by atoms with Gasteiger partial charge in [-0.25, -0.2) is 0 Å². The predicted octanol–water partition coefficient (Wildman–Crippen LogP) is 1.54. The topological polar surface area (TPSA) is 47.6 Å². The molecule has 0 amide bonds. The molecule has 2 nitrogen and oxygen atoms in total. The maximum absolute atomic E-state index is 8.25. The van der Waals surface area contributed by atoms with Gasteiger partial charge in [-0.3, -0.25) is 0 Å². The lowest BCUT2D eigenvalue weighted by molar-refractivity contribution is 1.40. The Morgan fingerprint density at radius 1 is 1.44 bits per heavy atom. The van der Waals surface area contributed by atoms with E-state index in [1.807, 2.05) is 0 Å². The van der Waals surface area contributed by atoms with Gasteiger partial charge in [-0.15, -0.1) is 0 Å². The Bertz CT molecular complexity index is 206. The van der Waals surface area contributed by atoms with E-state index >= 15 is 0 Å². The van der Waals surface area contributed by atoms with Crippen molar-refractivity contribution in [1.29, 1.82) is 10.5 Å². The lowest BCUT2D eigenvalue weighted by Gasteiger charge is -1.84. The molecule has 0 spiro atoms. The molecule has 0 atom stereocenters. The second-order valence-electron chi connectivity index (χ2n) is 1.49. The summed E-state index contributed by atoms with van der Waals surface area (Å²) in [5.74, 6) is 0. The Hall–Kier alpha value is -1.54. The van der Waals surface area contributed by atoms with Crippen LogP contribution in [0.1, 0.15) is 6.92 Å². The van der Waals surface area contributed by atoms with Crippen LogP contribution < -0.4 is 0 Å². The molecule has 0 aromatic heterocycles. The zero-order chi connectivity index (χ0) is 7.28. The predicted molar refractivity (Wildman–Crippen MR) is 34.1 cm³/mol. The largest absolute Gasteiger partial charge is 0.192 e. The third-order valence-electron chi connectivity index (χ3n) is 0.924. The van der Waals surface area contributed by atoms with Gasteiger partial charge in [0.1, 0.15) is 17.7 Å². The summed E-state index contributed by atoms with van der Waals surface area (Å²) in [5, 5.41) is 16.5. The second kappa shape index (κ2) is 3.46. The van der Waals surface area contributed by atoms with E-state index in [1.165, 1.54) is 6.08 Å². The number of allylic oxidation sites excluding steroid dienone is 3. The van der Waals surface area contributed by atoms with Crippen molar-refractivity contribution in [3.63, 3.8) is 0 Å². The molecule has 0 aromatic carbocycles. The van der Waals surface area contributed by atoms with Gasteiger partial charge in [-0.05, 0) is 12.5 Å². The van der Waals surface area contributed by atoms with Gasteiger partial charge < -0.3 is 0 Å². The van der Waals surface area contributed by atoms with Crippen LogP contribution in [0.2, 0.25) is 0 Å². The highest BCUT2D eigenvalue weighted by molar-refractivity contribution is 5.42. The Labute approximate surface area is 54.3 Å². The minimum atomic E-state index is 0.130. The summed E-state index contributed by atoms with van der Waals surface area (Å²) in [6.45, 7) is 5.09. The molecule has 0 N–H and O–H groups in total. The zero-order valence-corrected chi connectivity index (χ0v) is 5.18. The van der Waals surface area contributed by atoms with Crippen molar-refractivity contribution in [2.45, 2.75) is 6.92 Å². The first-order valence-electron chi connectivity index (χ1n) is 2.39. The molecule has 0 saturated heterocycles. The van der Waals surface area contributed by atoms with Crippen LogP contribution in [0, 0.1) is 22.7 Å². The highest BCUT2D eigenvalue weighted by atomic mass is 14.3. The molecule has 0 aromatic rings. The summed E-state index contributed by atoms with van der Waals surface area (Å²) in [7, 11) is 0. The fourth-order valence-corrected chi connectivity index (χ4v) is 0.303. The maximum atomic E-state index is 8.25. The van der Waals surface area contributed by atoms with Gasteiger partial charge in [0.05, 0.1) is 0 Å². The van der Waals surface area contributed by atoms with Crippen molar-refractivity contribution >= 4 is 0 Å². The molecule has 0 heterocycles. The quantitative estimate of drug-likeness (QED) is 0.387. The van der Waals surface area contributed by atoms with Gasteiger partial charge in [-0.1, -0.05) is 12.7 Å². The average molecular weight is 118 g/mol. The Balaban J connectivity index is 4.70. The van der Waals surface area contributed by atoms with Gasteiger partial charge in [0.15, 0.2) is 0 Å². The summed E-state index contributed by atoms with van der Waals surface area (Å²) in [6.07, 6.45) is 1.49. The third kappa shape index (κ3) is 1.80. The molecule has 0 aliphatic heterocycles. The van der Waals surface area contributed by atoms with E-state index in [-0.39, 0.29) is 5.57 Å². The average Bonchev–Trinajstić information content (AvgIpc) is 1.90. The smallest absolute Gasteiger partial charge is 0.132 e. The number of hydrogen-bond donors (Lipinski definition) is 0. The summed E-state index contributed by atoms with van der Waals surface area (Å²) in [5.41, 5.74) is 0.755. The van der Waals surface area contributed by atoms with Gasteiger partial charge in [0.2, 0.25) is 0 Å². The van der Waals surface area contributed by atoms with E-state index in [0.717, 1.165) is 0 Å². The van der Waals surface area contributed by atoms with E-state index in [0.29, 0.717) is 5.57 Å². The lowest BCUT2D eigenvalue weighted by atomic mass is 10.2. The SMILES string of the molecule is C=CC(C)=C(C#N)C#N. The summed E-state index contributed by atoms with van der Waals surface area (Å²) in [6, 6.07) is 3.50. The Kier molecular flexibility index (Phi) is 2.87. The second-order valence-corrected chi connectivity index (χ2v) is 1.49. The van der Waals surface area contributed by atoms with Gasteiger partial charge in [-0.2, -0.15) is 10.5 Å². The molecule has 9 heavy (non-hydrogen) atoms. The first-order chi connectivity index (χ1) is 4.26. The van der Waals surface area contributed by atoms with Crippen LogP contribution in [0.5, 0.6) is 0 Å². The monoisotopic (exact) mass is 118 g/mol. The Morgan fingerprint density at radius 3 is 2.00 bits per heavy atom. The first kappa shape index (κ1) is 7.46. The molecular weight excluding hydrogens is 112 g/mol. The van der Waals surface area contributed by atoms with Crippen LogP contribution in [0.25, 0.3) is 0 Å². The number of hydrogen-bond acceptors (Lipinski definition) is 2. The van der Waals surface area contributed by atoms with Crippen molar-refractivity contribution in [2.24, 2.45) is 0 Å². The number of nitriles is 2. The fraction of sp³-hybridized carbons (Fsp3) is 0.143. The van der Waals surface area contributed by atoms with Crippen LogP contribution >= 0.6 is 0 Å². The van der Waals surface area contributed by atoms with Gasteiger partial charge >= 0.3 is 0 Å². The zero-order valence-electron chi connectivity index (χ0n) is 5.18. The van der Waals surface area contributed by atoms with Crippen molar-refractivity contribution in [2.75, 3.05) is 0 Å². The third-order valence-corrected chi connectivity index (χ3v) is 0.924. The van der Waals surface area contributed by atoms with Crippen LogP contribution in [0.4, 0.5) is 0 Å². The van der Waals surface area contributed by atoms with E-state index in [2.05, 4.69) is 6.58 Å². The van der Waals surface area contributed by atoms with Crippen LogP contribution in [0.3, 0.4) is 0 Å². The van der Waals surface area contributed by atoms with Crippen molar-refractivity contribution < 1.29 is 0 Å². The highest BCUT2D eigenvalue weighted by Gasteiger charge is 1.93. The van der Waals surface area contributed by atoms with Crippen LogP contribution in [-0.4, -0.2) is 0 Å². The molecule has 44 valence electrons. The first-order valence-corrected chi connectivity index (χ1v) is 2.39. The minimum absolute atomic E-state index is 0.130. The Morgan fingerprint density at radius 2 is 1.89 bits per heavy atom. The number of rotatable bonds is 1. The van der Waals surface area contributed by atoms with Gasteiger partial charge in [0.25, 0.3) is 0 Å². The van der Waals surface area contributed by atoms with Crippen LogP contribution in [-0.2, 0) is 0 Å². The molecular formula is C7H6N2.